The van der Waals surface area contributed by atoms with Crippen molar-refractivity contribution in [3.8, 4) is 11.1 Å². The Morgan fingerprint density at radius 1 is 1.28 bits per heavy atom. The summed E-state index contributed by atoms with van der Waals surface area (Å²) in [4.78, 5) is 36.7. The number of carbonyl (C=O) groups is 1. The van der Waals surface area contributed by atoms with Gasteiger partial charge in [0.1, 0.15) is 5.69 Å². The zero-order chi connectivity index (χ0) is 22.5. The fourth-order valence-corrected chi connectivity index (χ4v) is 4.18. The molecule has 3 heterocycles. The molecule has 2 aromatic heterocycles. The summed E-state index contributed by atoms with van der Waals surface area (Å²) in [7, 11) is 0. The smallest absolute Gasteiger partial charge is 0.271 e. The van der Waals surface area contributed by atoms with E-state index >= 15 is 0 Å². The van der Waals surface area contributed by atoms with Crippen molar-refractivity contribution in [2.45, 2.75) is 45.2 Å². The highest BCUT2D eigenvalue weighted by Crippen LogP contribution is 2.33. The van der Waals surface area contributed by atoms with Crippen LogP contribution in [0.2, 0.25) is 0 Å². The van der Waals surface area contributed by atoms with Crippen LogP contribution < -0.4 is 15.8 Å². The Labute approximate surface area is 189 Å². The molecule has 1 saturated carbocycles. The molecule has 2 N–H and O–H groups in total. The van der Waals surface area contributed by atoms with Gasteiger partial charge in [-0.3, -0.25) is 14.6 Å². The normalized spacial score (nSPS) is 18.6. The van der Waals surface area contributed by atoms with Crippen molar-refractivity contribution in [1.29, 1.82) is 0 Å². The number of H-pyrrole nitrogens is 1. The average Bonchev–Trinajstić information content (AvgIpc) is 3.49. The SMILES string of the molecule is CC(C)NCC=CC(=O)N1CC[C@H](N(CC2CC2)c2cc(-c3ccncc3)c[nH]c2=O)C1. The van der Waals surface area contributed by atoms with Crippen LogP contribution in [0.15, 0.2) is 53.7 Å². The molecule has 1 aliphatic carbocycles. The van der Waals surface area contributed by atoms with Gasteiger partial charge in [0.15, 0.2) is 0 Å². The van der Waals surface area contributed by atoms with Crippen molar-refractivity contribution in [2.24, 2.45) is 5.92 Å². The number of aromatic nitrogens is 2. The maximum Gasteiger partial charge on any atom is 0.271 e. The van der Waals surface area contributed by atoms with Crippen molar-refractivity contribution < 1.29 is 4.79 Å². The third-order valence-electron chi connectivity index (χ3n) is 6.18. The van der Waals surface area contributed by atoms with Gasteiger partial charge in [0.25, 0.3) is 5.56 Å². The van der Waals surface area contributed by atoms with E-state index < -0.39 is 0 Å². The van der Waals surface area contributed by atoms with Gasteiger partial charge in [-0.15, -0.1) is 0 Å². The predicted octanol–water partition coefficient (Wildman–Crippen LogP) is 2.81. The van der Waals surface area contributed by atoms with Gasteiger partial charge < -0.3 is 20.1 Å². The van der Waals surface area contributed by atoms with Crippen LogP contribution in [0.1, 0.15) is 33.1 Å². The molecule has 1 saturated heterocycles. The van der Waals surface area contributed by atoms with Gasteiger partial charge >= 0.3 is 0 Å². The second-order valence-electron chi connectivity index (χ2n) is 9.13. The fraction of sp³-hybridized carbons (Fsp3) is 0.480. The molecule has 2 fully saturated rings. The summed E-state index contributed by atoms with van der Waals surface area (Å²) in [6, 6.07) is 6.41. The van der Waals surface area contributed by atoms with Crippen molar-refractivity contribution >= 4 is 11.6 Å². The Morgan fingerprint density at radius 3 is 2.78 bits per heavy atom. The number of rotatable bonds is 9. The number of hydrogen-bond acceptors (Lipinski definition) is 5. The first-order valence-electron chi connectivity index (χ1n) is 11.6. The van der Waals surface area contributed by atoms with Gasteiger partial charge in [0.2, 0.25) is 5.91 Å². The lowest BCUT2D eigenvalue weighted by molar-refractivity contribution is -0.125. The molecule has 1 amide bonds. The highest BCUT2D eigenvalue weighted by molar-refractivity contribution is 5.88. The lowest BCUT2D eigenvalue weighted by atomic mass is 10.1. The molecular formula is C25H33N5O2. The van der Waals surface area contributed by atoms with Crippen molar-refractivity contribution in [3.05, 3.63) is 59.3 Å². The van der Waals surface area contributed by atoms with Gasteiger partial charge in [-0.1, -0.05) is 19.9 Å². The van der Waals surface area contributed by atoms with Gasteiger partial charge in [0.05, 0.1) is 0 Å². The summed E-state index contributed by atoms with van der Waals surface area (Å²) >= 11 is 0. The lowest BCUT2D eigenvalue weighted by Gasteiger charge is -2.31. The minimum absolute atomic E-state index is 0.0453. The number of nitrogens with one attached hydrogen (secondary N) is 2. The molecule has 170 valence electrons. The Bertz CT molecular complexity index is 997. The molecule has 1 atom stereocenters. The van der Waals surface area contributed by atoms with Gasteiger partial charge in [-0.05, 0) is 48.9 Å². The highest BCUT2D eigenvalue weighted by Gasteiger charge is 2.34. The quantitative estimate of drug-likeness (QED) is 0.592. The van der Waals surface area contributed by atoms with Gasteiger partial charge in [-0.25, -0.2) is 0 Å². The molecular weight excluding hydrogens is 402 g/mol. The van der Waals surface area contributed by atoms with Crippen LogP contribution in [-0.4, -0.2) is 59.0 Å². The molecule has 2 aliphatic rings. The zero-order valence-corrected chi connectivity index (χ0v) is 19.0. The molecule has 0 aromatic carbocycles. The fourth-order valence-electron chi connectivity index (χ4n) is 4.18. The first-order valence-corrected chi connectivity index (χ1v) is 11.6. The van der Waals surface area contributed by atoms with Crippen LogP contribution in [-0.2, 0) is 4.79 Å². The minimum Gasteiger partial charge on any atom is -0.362 e. The van der Waals surface area contributed by atoms with E-state index in [0.717, 1.165) is 24.1 Å². The van der Waals surface area contributed by atoms with E-state index in [-0.39, 0.29) is 17.5 Å². The molecule has 32 heavy (non-hydrogen) atoms. The molecule has 4 rings (SSSR count). The largest absolute Gasteiger partial charge is 0.362 e. The van der Waals surface area contributed by atoms with E-state index in [9.17, 15) is 9.59 Å². The first-order chi connectivity index (χ1) is 15.5. The Morgan fingerprint density at radius 2 is 2.06 bits per heavy atom. The van der Waals surface area contributed by atoms with E-state index in [1.54, 1.807) is 24.7 Å². The molecule has 0 radical (unpaired) electrons. The Kier molecular flexibility index (Phi) is 7.05. The highest BCUT2D eigenvalue weighted by atomic mass is 16.2. The molecule has 2 aromatic rings. The molecule has 0 bridgehead atoms. The molecule has 0 spiro atoms. The molecule has 7 nitrogen and oxygen atoms in total. The number of carbonyl (C=O) groups excluding carboxylic acids is 1. The summed E-state index contributed by atoms with van der Waals surface area (Å²) in [5, 5.41) is 3.29. The van der Waals surface area contributed by atoms with Crippen molar-refractivity contribution in [2.75, 3.05) is 31.1 Å². The molecule has 0 unspecified atom stereocenters. The summed E-state index contributed by atoms with van der Waals surface area (Å²) in [5.41, 5.74) is 2.61. The topological polar surface area (TPSA) is 81.3 Å². The number of hydrogen-bond donors (Lipinski definition) is 2. The number of anilines is 1. The van der Waals surface area contributed by atoms with Crippen molar-refractivity contribution in [1.82, 2.24) is 20.2 Å². The number of pyridine rings is 2. The van der Waals surface area contributed by atoms with Crippen LogP contribution in [0, 0.1) is 5.92 Å². The summed E-state index contributed by atoms with van der Waals surface area (Å²) < 4.78 is 0. The van der Waals surface area contributed by atoms with Crippen molar-refractivity contribution in [3.63, 3.8) is 0 Å². The average molecular weight is 436 g/mol. The minimum atomic E-state index is -0.0760. The standard InChI is InChI=1S/C25H33N5O2/c1-18(2)27-10-3-4-24(31)29-13-9-22(17-29)30(16-19-5-6-19)23-14-21(15-28-25(23)32)20-7-11-26-12-8-20/h3-4,7-8,11-12,14-15,18-19,22,27H,5-6,9-10,13,16-17H2,1-2H3,(H,28,32)/t22-/m0/s1. The molecule has 7 heteroatoms. The van der Waals surface area contributed by atoms with Crippen LogP contribution in [0.25, 0.3) is 11.1 Å². The first kappa shape index (κ1) is 22.3. The van der Waals surface area contributed by atoms with Crippen LogP contribution in [0.3, 0.4) is 0 Å². The van der Waals surface area contributed by atoms with Gasteiger partial charge in [0, 0.05) is 68.5 Å². The third-order valence-corrected chi connectivity index (χ3v) is 6.18. The van der Waals surface area contributed by atoms with Crippen LogP contribution >= 0.6 is 0 Å². The Balaban J connectivity index is 1.50. The maximum absolute atomic E-state index is 12.8. The van der Waals surface area contributed by atoms with Crippen LogP contribution in [0.4, 0.5) is 5.69 Å². The van der Waals surface area contributed by atoms with E-state index in [1.807, 2.05) is 29.2 Å². The van der Waals surface area contributed by atoms with E-state index in [4.69, 9.17) is 0 Å². The van der Waals surface area contributed by atoms with E-state index in [1.165, 1.54) is 12.8 Å². The monoisotopic (exact) mass is 435 g/mol. The second-order valence-corrected chi connectivity index (χ2v) is 9.13. The zero-order valence-electron chi connectivity index (χ0n) is 19.0. The van der Waals surface area contributed by atoms with E-state index in [2.05, 4.69) is 34.0 Å². The summed E-state index contributed by atoms with van der Waals surface area (Å²) in [5.74, 6) is 0.676. The van der Waals surface area contributed by atoms with E-state index in [0.29, 0.717) is 37.3 Å². The Hall–Kier alpha value is -2.93. The predicted molar refractivity (Wildman–Crippen MR) is 128 cm³/mol. The summed E-state index contributed by atoms with van der Waals surface area (Å²) in [6.07, 6.45) is 12.1. The number of aromatic amines is 1. The lowest BCUT2D eigenvalue weighted by Crippen LogP contribution is -2.42. The molecule has 1 aliphatic heterocycles. The number of nitrogens with zero attached hydrogens (tertiary/aromatic N) is 3. The van der Waals surface area contributed by atoms with Crippen LogP contribution in [0.5, 0.6) is 0 Å². The maximum atomic E-state index is 12.8. The van der Waals surface area contributed by atoms with Gasteiger partial charge in [-0.2, -0.15) is 0 Å². The summed E-state index contributed by atoms with van der Waals surface area (Å²) in [6.45, 7) is 7.08. The third kappa shape index (κ3) is 5.65. The number of amides is 1. The second kappa shape index (κ2) is 10.1. The number of likely N-dealkylation sites (tertiary alicyclic amines) is 1.